The van der Waals surface area contributed by atoms with E-state index in [1.807, 2.05) is 0 Å². The largest absolute Gasteiger partial charge is 0.496 e. The normalized spacial score (nSPS) is 9.73. The number of methoxy groups -OCH3 is 1. The van der Waals surface area contributed by atoms with Crippen LogP contribution >= 0.6 is 11.6 Å². The smallest absolute Gasteiger partial charge is 0.273 e. The van der Waals surface area contributed by atoms with Crippen LogP contribution in [0.15, 0.2) is 18.2 Å². The average molecular weight is 230 g/mol. The Hall–Kier alpha value is -1.62. The van der Waals surface area contributed by atoms with Gasteiger partial charge in [0, 0.05) is 11.6 Å². The zero-order valence-electron chi connectivity index (χ0n) is 7.90. The molecule has 0 radical (unpaired) electrons. The molecule has 0 unspecified atom stereocenters. The van der Waals surface area contributed by atoms with Gasteiger partial charge in [-0.3, -0.25) is 14.9 Å². The molecule has 0 saturated carbocycles. The topological polar surface area (TPSA) is 69.4 Å². The van der Waals surface area contributed by atoms with Crippen LogP contribution in [0.4, 0.5) is 5.69 Å². The van der Waals surface area contributed by atoms with E-state index in [1.54, 1.807) is 0 Å². The molecule has 0 aliphatic rings. The maximum Gasteiger partial charge on any atom is 0.273 e. The first kappa shape index (κ1) is 11.5. The highest BCUT2D eigenvalue weighted by Crippen LogP contribution is 2.25. The summed E-state index contributed by atoms with van der Waals surface area (Å²) in [6.45, 7) is 0. The predicted octanol–water partition coefficient (Wildman–Crippen LogP) is 1.91. The first-order chi connectivity index (χ1) is 7.04. The Morgan fingerprint density at radius 3 is 2.73 bits per heavy atom. The maximum absolute atomic E-state index is 10.7. The van der Waals surface area contributed by atoms with Crippen molar-refractivity contribution < 1.29 is 14.5 Å². The molecular formula is C9H8ClNO4. The first-order valence-corrected chi connectivity index (χ1v) is 4.42. The second kappa shape index (κ2) is 4.75. The van der Waals surface area contributed by atoms with E-state index in [-0.39, 0.29) is 12.1 Å². The zero-order chi connectivity index (χ0) is 11.4. The minimum absolute atomic E-state index is 0.0112. The lowest BCUT2D eigenvalue weighted by Crippen LogP contribution is -1.98. The lowest BCUT2D eigenvalue weighted by molar-refractivity contribution is -0.384. The van der Waals surface area contributed by atoms with Crippen LogP contribution in [0.3, 0.4) is 0 Å². The van der Waals surface area contributed by atoms with Gasteiger partial charge < -0.3 is 4.74 Å². The van der Waals surface area contributed by atoms with Gasteiger partial charge in [0.25, 0.3) is 5.69 Å². The number of benzene rings is 1. The Bertz CT molecular complexity index is 405. The third kappa shape index (κ3) is 2.92. The summed E-state index contributed by atoms with van der Waals surface area (Å²) in [7, 11) is 1.38. The van der Waals surface area contributed by atoms with Crippen molar-refractivity contribution in [2.75, 3.05) is 7.11 Å². The van der Waals surface area contributed by atoms with Gasteiger partial charge in [0.1, 0.15) is 5.75 Å². The van der Waals surface area contributed by atoms with Gasteiger partial charge in [-0.05, 0) is 17.7 Å². The number of halogens is 1. The first-order valence-electron chi connectivity index (χ1n) is 4.04. The van der Waals surface area contributed by atoms with Crippen molar-refractivity contribution in [3.63, 3.8) is 0 Å². The third-order valence-corrected chi connectivity index (χ3v) is 1.94. The standard InChI is InChI=1S/C9H8ClNO4/c1-15-8-5-7(11(13)14)3-2-6(8)4-9(10)12/h2-3,5H,4H2,1H3. The van der Waals surface area contributed by atoms with Crippen molar-refractivity contribution in [3.8, 4) is 5.75 Å². The highest BCUT2D eigenvalue weighted by atomic mass is 35.5. The molecule has 5 nitrogen and oxygen atoms in total. The van der Waals surface area contributed by atoms with E-state index in [2.05, 4.69) is 0 Å². The molecular weight excluding hydrogens is 222 g/mol. The van der Waals surface area contributed by atoms with Crippen LogP contribution < -0.4 is 4.74 Å². The fraction of sp³-hybridized carbons (Fsp3) is 0.222. The van der Waals surface area contributed by atoms with Crippen molar-refractivity contribution in [2.45, 2.75) is 6.42 Å². The summed E-state index contributed by atoms with van der Waals surface area (Å²) in [5.41, 5.74) is 0.445. The van der Waals surface area contributed by atoms with Gasteiger partial charge in [0.15, 0.2) is 0 Å². The van der Waals surface area contributed by atoms with Gasteiger partial charge in [-0.2, -0.15) is 0 Å². The van der Waals surface area contributed by atoms with Crippen LogP contribution in [0, 0.1) is 10.1 Å². The zero-order valence-corrected chi connectivity index (χ0v) is 8.65. The highest BCUT2D eigenvalue weighted by molar-refractivity contribution is 6.63. The van der Waals surface area contributed by atoms with Gasteiger partial charge in [-0.1, -0.05) is 0 Å². The van der Waals surface area contributed by atoms with E-state index in [1.165, 1.54) is 25.3 Å². The predicted molar refractivity (Wildman–Crippen MR) is 54.2 cm³/mol. The fourth-order valence-electron chi connectivity index (χ4n) is 1.14. The van der Waals surface area contributed by atoms with E-state index < -0.39 is 10.2 Å². The second-order valence-electron chi connectivity index (χ2n) is 2.79. The molecule has 0 amide bonds. The molecule has 0 N–H and O–H groups in total. The Morgan fingerprint density at radius 1 is 1.60 bits per heavy atom. The van der Waals surface area contributed by atoms with Gasteiger partial charge in [-0.15, -0.1) is 0 Å². The van der Waals surface area contributed by atoms with Crippen LogP contribution in [0.1, 0.15) is 5.56 Å². The number of non-ortho nitro benzene ring substituents is 1. The molecule has 15 heavy (non-hydrogen) atoms. The molecule has 1 aromatic carbocycles. The number of carbonyl (C=O) groups excluding carboxylic acids is 1. The molecule has 0 bridgehead atoms. The van der Waals surface area contributed by atoms with Crippen molar-refractivity contribution in [1.29, 1.82) is 0 Å². The molecule has 6 heteroatoms. The van der Waals surface area contributed by atoms with Crippen LogP contribution in [0.25, 0.3) is 0 Å². The van der Waals surface area contributed by atoms with E-state index in [0.29, 0.717) is 11.3 Å². The van der Waals surface area contributed by atoms with Crippen molar-refractivity contribution >= 4 is 22.5 Å². The molecule has 0 aromatic heterocycles. The summed E-state index contributed by atoms with van der Waals surface area (Å²) in [5, 5.41) is 9.92. The number of hydrogen-bond donors (Lipinski definition) is 0. The Morgan fingerprint density at radius 2 is 2.27 bits per heavy atom. The summed E-state index contributed by atoms with van der Waals surface area (Å²) in [5.74, 6) is 0.290. The number of carbonyl (C=O) groups is 1. The van der Waals surface area contributed by atoms with E-state index in [0.717, 1.165) is 0 Å². The third-order valence-electron chi connectivity index (χ3n) is 1.81. The van der Waals surface area contributed by atoms with Crippen molar-refractivity contribution in [2.24, 2.45) is 0 Å². The highest BCUT2D eigenvalue weighted by Gasteiger charge is 2.12. The molecule has 0 heterocycles. The molecule has 80 valence electrons. The monoisotopic (exact) mass is 229 g/mol. The minimum Gasteiger partial charge on any atom is -0.496 e. The Balaban J connectivity index is 3.08. The summed E-state index contributed by atoms with van der Waals surface area (Å²) < 4.78 is 4.92. The van der Waals surface area contributed by atoms with E-state index in [9.17, 15) is 14.9 Å². The maximum atomic E-state index is 10.7. The molecule has 0 fully saturated rings. The summed E-state index contributed by atoms with van der Waals surface area (Å²) >= 11 is 5.22. The van der Waals surface area contributed by atoms with Crippen LogP contribution in [-0.4, -0.2) is 17.3 Å². The number of nitrogens with zero attached hydrogens (tertiary/aromatic N) is 1. The molecule has 0 saturated heterocycles. The van der Waals surface area contributed by atoms with Gasteiger partial charge >= 0.3 is 0 Å². The average Bonchev–Trinajstić information content (AvgIpc) is 2.17. The second-order valence-corrected chi connectivity index (χ2v) is 3.21. The molecule has 1 rings (SSSR count). The van der Waals surface area contributed by atoms with Crippen LogP contribution in [0.2, 0.25) is 0 Å². The molecule has 0 aliphatic heterocycles. The minimum atomic E-state index is -0.540. The number of nitro benzene ring substituents is 1. The Labute approximate surface area is 90.8 Å². The number of rotatable bonds is 4. The summed E-state index contributed by atoms with van der Waals surface area (Å²) in [6.07, 6.45) is -0.0112. The van der Waals surface area contributed by atoms with Crippen molar-refractivity contribution in [1.82, 2.24) is 0 Å². The molecule has 0 aliphatic carbocycles. The molecule has 0 atom stereocenters. The van der Waals surface area contributed by atoms with Crippen LogP contribution in [0.5, 0.6) is 5.75 Å². The molecule has 0 spiro atoms. The van der Waals surface area contributed by atoms with E-state index >= 15 is 0 Å². The lowest BCUT2D eigenvalue weighted by atomic mass is 10.1. The van der Waals surface area contributed by atoms with Crippen molar-refractivity contribution in [3.05, 3.63) is 33.9 Å². The SMILES string of the molecule is COc1cc([N+](=O)[O-])ccc1CC(=O)Cl. The number of hydrogen-bond acceptors (Lipinski definition) is 4. The van der Waals surface area contributed by atoms with Gasteiger partial charge in [0.2, 0.25) is 5.24 Å². The van der Waals surface area contributed by atoms with Crippen LogP contribution in [-0.2, 0) is 11.2 Å². The van der Waals surface area contributed by atoms with Gasteiger partial charge in [0.05, 0.1) is 24.5 Å². The fourth-order valence-corrected chi connectivity index (χ4v) is 1.29. The quantitative estimate of drug-likeness (QED) is 0.449. The molecule has 1 aromatic rings. The van der Waals surface area contributed by atoms with E-state index in [4.69, 9.17) is 16.3 Å². The summed E-state index contributed by atoms with van der Waals surface area (Å²) in [4.78, 5) is 20.6. The Kier molecular flexibility index (Phi) is 3.62. The van der Waals surface area contributed by atoms with Gasteiger partial charge in [-0.25, -0.2) is 0 Å². The lowest BCUT2D eigenvalue weighted by Gasteiger charge is -2.05. The number of ether oxygens (including phenoxy) is 1. The number of nitro groups is 1. The summed E-state index contributed by atoms with van der Waals surface area (Å²) in [6, 6.07) is 4.02.